The van der Waals surface area contributed by atoms with Crippen LogP contribution < -0.4 is 21.7 Å². The van der Waals surface area contributed by atoms with Crippen LogP contribution in [0.25, 0.3) is 21.8 Å². The van der Waals surface area contributed by atoms with Gasteiger partial charge in [-0.25, -0.2) is 24.6 Å². The quantitative estimate of drug-likeness (QED) is 0.0502. The van der Waals surface area contributed by atoms with Crippen molar-refractivity contribution >= 4 is 72.6 Å². The Morgan fingerprint density at radius 2 is 1.05 bits per heavy atom. The Bertz CT molecular complexity index is 2510. The van der Waals surface area contributed by atoms with Crippen LogP contribution >= 0.6 is 11.6 Å². The summed E-state index contributed by atoms with van der Waals surface area (Å²) in [5.74, 6) is 1.56. The molecular weight excluding hydrogens is 767 g/mol. The highest BCUT2D eigenvalue weighted by atomic mass is 35.5. The molecule has 3 radical (unpaired) electrons. The van der Waals surface area contributed by atoms with E-state index in [0.717, 1.165) is 56.1 Å². The van der Waals surface area contributed by atoms with Gasteiger partial charge in [0.25, 0.3) is 0 Å². The minimum atomic E-state index is 0. The van der Waals surface area contributed by atoms with Gasteiger partial charge in [0.2, 0.25) is 11.9 Å². The van der Waals surface area contributed by atoms with Crippen molar-refractivity contribution in [3.05, 3.63) is 182 Å². The number of aromatic nitrogens is 4. The van der Waals surface area contributed by atoms with Gasteiger partial charge in [-0.15, -0.1) is 0 Å². The Balaban J connectivity index is 0.000000480. The summed E-state index contributed by atoms with van der Waals surface area (Å²) in [6.45, 7) is 21.4. The first kappa shape index (κ1) is 50.1. The number of halogens is 1. The van der Waals surface area contributed by atoms with Crippen LogP contribution in [0, 0.1) is 63.5 Å². The number of aryl methyl sites for hydroxylation is 4. The van der Waals surface area contributed by atoms with Gasteiger partial charge >= 0.3 is 0 Å². The van der Waals surface area contributed by atoms with Crippen molar-refractivity contribution < 1.29 is 0 Å². The van der Waals surface area contributed by atoms with Crippen molar-refractivity contribution in [1.29, 1.82) is 10.5 Å². The number of rotatable bonds is 8. The van der Waals surface area contributed by atoms with Crippen molar-refractivity contribution in [2.75, 3.05) is 21.7 Å². The maximum Gasteiger partial charge on any atom is 0.229 e. The molecule has 0 saturated carbocycles. The van der Waals surface area contributed by atoms with E-state index in [-0.39, 0.29) is 23.3 Å². The van der Waals surface area contributed by atoms with Crippen molar-refractivity contribution in [2.45, 2.75) is 42.5 Å². The third-order valence-electron chi connectivity index (χ3n) is 7.92. The molecule has 0 amide bonds. The first-order chi connectivity index (χ1) is 27.5. The molecule has 0 fully saturated rings. The molecule has 299 valence electrons. The SMILES string of the molecule is C.C.N#Cc1ccc(Nc2nccc(Cl)n2)cc1.[B].[C-]#[N+]/C=C/c1cc(C)c(N)c(C)c1.[C-]#[N+]/C=C/c1cc(C)c(Nc2ccnc(Nc3ccc(C#N)cc3)n2)c(C)c1. The molecule has 60 heavy (non-hydrogen) atoms. The van der Waals surface area contributed by atoms with E-state index in [1.165, 1.54) is 12.4 Å². The van der Waals surface area contributed by atoms with Gasteiger partial charge in [-0.2, -0.15) is 15.5 Å². The number of nitrogens with zero attached hydrogens (tertiary/aromatic N) is 8. The second-order valence-corrected chi connectivity index (χ2v) is 12.6. The fourth-order valence-corrected chi connectivity index (χ4v) is 5.31. The van der Waals surface area contributed by atoms with Crippen LogP contribution in [0.3, 0.4) is 0 Å². The van der Waals surface area contributed by atoms with E-state index in [4.69, 9.17) is 41.0 Å². The zero-order chi connectivity index (χ0) is 41.2. The number of nitrogens with one attached hydrogen (secondary N) is 3. The minimum absolute atomic E-state index is 0. The van der Waals surface area contributed by atoms with Gasteiger partial charge in [-0.1, -0.05) is 62.9 Å². The average molecular weight is 812 g/mol. The molecule has 4 aromatic carbocycles. The maximum atomic E-state index is 8.88. The van der Waals surface area contributed by atoms with Crippen LogP contribution in [-0.4, -0.2) is 28.3 Å². The molecule has 0 spiro atoms. The normalized spacial score (nSPS) is 9.55. The van der Waals surface area contributed by atoms with E-state index in [2.05, 4.69) is 51.6 Å². The van der Waals surface area contributed by atoms with E-state index in [1.807, 2.05) is 70.2 Å². The van der Waals surface area contributed by atoms with Gasteiger partial charge in [-0.05, 0) is 122 Å². The molecule has 0 unspecified atom stereocenters. The average Bonchev–Trinajstić information content (AvgIpc) is 3.21. The lowest BCUT2D eigenvalue weighted by atomic mass is 10.0. The molecular formula is C46H45BClN12. The third kappa shape index (κ3) is 15.5. The van der Waals surface area contributed by atoms with E-state index in [1.54, 1.807) is 73.1 Å². The molecule has 14 heteroatoms. The van der Waals surface area contributed by atoms with Gasteiger partial charge in [0.15, 0.2) is 12.4 Å². The molecule has 6 rings (SSSR count). The first-order valence-corrected chi connectivity index (χ1v) is 17.6. The Labute approximate surface area is 360 Å². The highest BCUT2D eigenvalue weighted by Crippen LogP contribution is 2.27. The second kappa shape index (κ2) is 25.3. The molecule has 0 atom stereocenters. The number of nitrogens with two attached hydrogens (primary N) is 1. The van der Waals surface area contributed by atoms with Crippen LogP contribution in [0.4, 0.5) is 40.5 Å². The summed E-state index contributed by atoms with van der Waals surface area (Å²) in [6.07, 6.45) is 9.73. The van der Waals surface area contributed by atoms with Crippen LogP contribution in [0.5, 0.6) is 0 Å². The monoisotopic (exact) mass is 811 g/mol. The Morgan fingerprint density at radius 3 is 1.47 bits per heavy atom. The summed E-state index contributed by atoms with van der Waals surface area (Å²) in [7, 11) is 0. The molecule has 6 aromatic rings. The molecule has 2 aromatic heterocycles. The summed E-state index contributed by atoms with van der Waals surface area (Å²) >= 11 is 5.72. The van der Waals surface area contributed by atoms with Crippen molar-refractivity contribution in [3.8, 4) is 12.1 Å². The van der Waals surface area contributed by atoms with Gasteiger partial charge in [0, 0.05) is 43.6 Å². The van der Waals surface area contributed by atoms with Gasteiger partial charge in [-0.3, -0.25) is 0 Å². The largest absolute Gasteiger partial charge is 0.398 e. The predicted molar refractivity (Wildman–Crippen MR) is 248 cm³/mol. The lowest BCUT2D eigenvalue weighted by Crippen LogP contribution is -2.02. The van der Waals surface area contributed by atoms with E-state index >= 15 is 0 Å². The second-order valence-electron chi connectivity index (χ2n) is 12.2. The zero-order valence-corrected chi connectivity index (χ0v) is 32.9. The minimum Gasteiger partial charge on any atom is -0.398 e. The van der Waals surface area contributed by atoms with Crippen LogP contribution in [0.2, 0.25) is 5.15 Å². The Kier molecular flexibility index (Phi) is 21.1. The summed E-state index contributed by atoms with van der Waals surface area (Å²) < 4.78 is 0. The van der Waals surface area contributed by atoms with E-state index in [9.17, 15) is 0 Å². The number of benzene rings is 4. The predicted octanol–water partition coefficient (Wildman–Crippen LogP) is 11.8. The Hall–Kier alpha value is -7.97. The van der Waals surface area contributed by atoms with Gasteiger partial charge < -0.3 is 21.7 Å². The van der Waals surface area contributed by atoms with Crippen molar-refractivity contribution in [3.63, 3.8) is 0 Å². The van der Waals surface area contributed by atoms with Crippen molar-refractivity contribution in [1.82, 2.24) is 19.9 Å². The summed E-state index contributed by atoms with van der Waals surface area (Å²) in [5.41, 5.74) is 16.7. The third-order valence-corrected chi connectivity index (χ3v) is 8.14. The molecule has 0 aliphatic rings. The number of anilines is 7. The van der Waals surface area contributed by atoms with Gasteiger partial charge in [0.1, 0.15) is 11.0 Å². The molecule has 0 aliphatic heterocycles. The molecule has 12 nitrogen and oxygen atoms in total. The molecule has 5 N–H and O–H groups in total. The topological polar surface area (TPSA) is 170 Å². The lowest BCUT2D eigenvalue weighted by Gasteiger charge is -2.14. The van der Waals surface area contributed by atoms with Crippen LogP contribution in [0.1, 0.15) is 59.4 Å². The molecule has 0 bridgehead atoms. The fraction of sp³-hybridized carbons (Fsp3) is 0.130. The van der Waals surface area contributed by atoms with Crippen LogP contribution in [-0.2, 0) is 0 Å². The van der Waals surface area contributed by atoms with Crippen molar-refractivity contribution in [2.24, 2.45) is 0 Å². The smallest absolute Gasteiger partial charge is 0.229 e. The number of hydrogen-bond acceptors (Lipinski definition) is 10. The highest BCUT2D eigenvalue weighted by molar-refractivity contribution is 6.29. The number of hydrogen-bond donors (Lipinski definition) is 4. The zero-order valence-electron chi connectivity index (χ0n) is 32.2. The van der Waals surface area contributed by atoms with Gasteiger partial charge in [0.05, 0.1) is 36.4 Å². The van der Waals surface area contributed by atoms with E-state index < -0.39 is 0 Å². The number of nitrogen functional groups attached to an aromatic ring is 1. The standard InChI is InChI=1S/C22H18N6.C11H7ClN4.C11H12N2.2CH4.B/c1-15-12-18(8-10-24-3)13-16(2)21(15)27-20-9-11-25-22(28-20)26-19-6-4-17(14-23)5-7-19;12-10-5-6-14-11(16-10)15-9-3-1-8(7-13)2-4-9;1-8-6-10(4-5-13-3)7-9(2)11(8)12;;;/h4-13H,1-2H3,(H2,25,26,27,28);1-6H,(H,14,15,16);4-7H,12H2,1-2H3;2*1H4;/b10-8+;;5-4+;;;. The first-order valence-electron chi connectivity index (χ1n) is 17.2. The fourth-order valence-electron chi connectivity index (χ4n) is 5.17. The van der Waals surface area contributed by atoms with E-state index in [0.29, 0.717) is 34.0 Å². The molecule has 0 aliphatic carbocycles. The summed E-state index contributed by atoms with van der Waals surface area (Å²) in [5, 5.41) is 27.4. The molecule has 2 heterocycles. The van der Waals surface area contributed by atoms with Crippen LogP contribution in [0.15, 0.2) is 110 Å². The number of nitriles is 2. The maximum absolute atomic E-state index is 8.88. The molecule has 0 saturated heterocycles. The summed E-state index contributed by atoms with van der Waals surface area (Å²) in [6, 6.07) is 29.6. The summed E-state index contributed by atoms with van der Waals surface area (Å²) in [4.78, 5) is 23.1. The lowest BCUT2D eigenvalue weighted by molar-refractivity contribution is 1.16. The highest BCUT2D eigenvalue weighted by Gasteiger charge is 2.07. The Morgan fingerprint density at radius 1 is 0.633 bits per heavy atom.